The van der Waals surface area contributed by atoms with Gasteiger partial charge in [-0.3, -0.25) is 0 Å². The standard InChI is InChI=1S/C50H34N2S2/c1-50(2)40-21-10-9-20-36(40)38-30-44-39(29-41(38)50)37-24-25-47-49(54-46-23-12-11-22-45(46)53-47)48(37)52(44)35-19-13-18-33(26-35)43-28-34(31-14-5-3-6-15-31)27-42(51-43)32-16-7-4-8-17-32/h3-30H,1-2H3. The Hall–Kier alpha value is -5.81. The summed E-state index contributed by atoms with van der Waals surface area (Å²) in [6, 6.07) is 62.0. The fourth-order valence-electron chi connectivity index (χ4n) is 8.58. The molecule has 54 heavy (non-hydrogen) atoms. The van der Waals surface area contributed by atoms with Crippen LogP contribution in [-0.4, -0.2) is 9.55 Å². The van der Waals surface area contributed by atoms with E-state index in [1.54, 1.807) is 0 Å². The Morgan fingerprint density at radius 2 is 1.13 bits per heavy atom. The minimum atomic E-state index is -0.0852. The topological polar surface area (TPSA) is 17.8 Å². The van der Waals surface area contributed by atoms with Gasteiger partial charge in [0, 0.05) is 47.7 Å². The molecule has 11 rings (SSSR count). The molecule has 4 heteroatoms. The van der Waals surface area contributed by atoms with Gasteiger partial charge in [0.15, 0.2) is 0 Å². The summed E-state index contributed by atoms with van der Waals surface area (Å²) in [4.78, 5) is 10.5. The molecular formula is C50H34N2S2. The van der Waals surface area contributed by atoms with Crippen LogP contribution in [0.5, 0.6) is 0 Å². The number of pyridine rings is 1. The molecular weight excluding hydrogens is 693 g/mol. The molecule has 1 aliphatic carbocycles. The van der Waals surface area contributed by atoms with Gasteiger partial charge in [-0.05, 0) is 88.0 Å². The van der Waals surface area contributed by atoms with Crippen molar-refractivity contribution < 1.29 is 0 Å². The second-order valence-corrected chi connectivity index (χ2v) is 16.9. The van der Waals surface area contributed by atoms with Crippen LogP contribution in [0.3, 0.4) is 0 Å². The Balaban J connectivity index is 1.17. The molecule has 0 amide bonds. The average molecular weight is 727 g/mol. The molecule has 0 N–H and O–H groups in total. The van der Waals surface area contributed by atoms with Crippen molar-refractivity contribution in [2.24, 2.45) is 0 Å². The Morgan fingerprint density at radius 1 is 0.463 bits per heavy atom. The SMILES string of the molecule is CC1(C)c2ccccc2-c2cc3c(cc21)c1ccc2c(c1n3-c1cccc(-c3cc(-c4ccccc4)cc(-c4ccccc4)n3)c1)Sc1ccccc1S2. The van der Waals surface area contributed by atoms with E-state index in [1.807, 2.05) is 23.5 Å². The van der Waals surface area contributed by atoms with Crippen LogP contribution in [0.25, 0.3) is 72.3 Å². The summed E-state index contributed by atoms with van der Waals surface area (Å²) in [6.45, 7) is 4.75. The number of fused-ring (bicyclic) bond motifs is 9. The summed E-state index contributed by atoms with van der Waals surface area (Å²) in [5.41, 5.74) is 15.4. The maximum absolute atomic E-state index is 5.31. The van der Waals surface area contributed by atoms with Crippen molar-refractivity contribution in [1.82, 2.24) is 9.55 Å². The van der Waals surface area contributed by atoms with E-state index in [-0.39, 0.29) is 5.41 Å². The minimum absolute atomic E-state index is 0.0852. The molecule has 3 heterocycles. The summed E-state index contributed by atoms with van der Waals surface area (Å²) >= 11 is 3.78. The van der Waals surface area contributed by atoms with Crippen molar-refractivity contribution in [3.05, 3.63) is 181 Å². The summed E-state index contributed by atoms with van der Waals surface area (Å²) in [5.74, 6) is 0. The van der Waals surface area contributed by atoms with Crippen LogP contribution in [0.2, 0.25) is 0 Å². The summed E-state index contributed by atoms with van der Waals surface area (Å²) in [5, 5.41) is 2.57. The largest absolute Gasteiger partial charge is 0.308 e. The molecule has 2 aromatic heterocycles. The first-order valence-corrected chi connectivity index (χ1v) is 20.1. The van der Waals surface area contributed by atoms with E-state index in [0.717, 1.165) is 33.8 Å². The predicted octanol–water partition coefficient (Wildman–Crippen LogP) is 14.1. The lowest BCUT2D eigenvalue weighted by Gasteiger charge is -2.21. The number of rotatable bonds is 4. The first kappa shape index (κ1) is 31.7. The van der Waals surface area contributed by atoms with Crippen molar-refractivity contribution in [2.75, 3.05) is 0 Å². The molecule has 0 atom stereocenters. The molecule has 7 aromatic carbocycles. The smallest absolute Gasteiger partial charge is 0.0716 e. The second-order valence-electron chi connectivity index (χ2n) is 14.8. The van der Waals surface area contributed by atoms with Gasteiger partial charge >= 0.3 is 0 Å². The Bertz CT molecular complexity index is 2900. The van der Waals surface area contributed by atoms with Gasteiger partial charge in [-0.2, -0.15) is 0 Å². The van der Waals surface area contributed by atoms with Crippen molar-refractivity contribution in [3.63, 3.8) is 0 Å². The highest BCUT2D eigenvalue weighted by atomic mass is 32.2. The minimum Gasteiger partial charge on any atom is -0.308 e. The van der Waals surface area contributed by atoms with Crippen LogP contribution in [0.4, 0.5) is 0 Å². The molecule has 0 fully saturated rings. The molecule has 0 unspecified atom stereocenters. The Labute approximate surface area is 323 Å². The van der Waals surface area contributed by atoms with Gasteiger partial charge < -0.3 is 4.57 Å². The molecule has 0 saturated carbocycles. The van der Waals surface area contributed by atoms with E-state index in [0.29, 0.717) is 0 Å². The predicted molar refractivity (Wildman–Crippen MR) is 227 cm³/mol. The van der Waals surface area contributed by atoms with Crippen LogP contribution >= 0.6 is 23.5 Å². The van der Waals surface area contributed by atoms with E-state index >= 15 is 0 Å². The van der Waals surface area contributed by atoms with E-state index in [4.69, 9.17) is 4.98 Å². The van der Waals surface area contributed by atoms with E-state index < -0.39 is 0 Å². The zero-order valence-corrected chi connectivity index (χ0v) is 31.5. The normalized spacial score (nSPS) is 13.7. The van der Waals surface area contributed by atoms with Gasteiger partial charge in [-0.15, -0.1) is 0 Å². The maximum atomic E-state index is 5.31. The number of hydrogen-bond acceptors (Lipinski definition) is 3. The summed E-state index contributed by atoms with van der Waals surface area (Å²) in [7, 11) is 0. The molecule has 2 nitrogen and oxygen atoms in total. The lowest BCUT2D eigenvalue weighted by Crippen LogP contribution is -2.14. The first-order chi connectivity index (χ1) is 26.5. The molecule has 9 aromatic rings. The highest BCUT2D eigenvalue weighted by molar-refractivity contribution is 8.05. The lowest BCUT2D eigenvalue weighted by atomic mass is 9.82. The van der Waals surface area contributed by atoms with Crippen LogP contribution in [0, 0.1) is 0 Å². The molecule has 0 spiro atoms. The molecule has 2 aliphatic rings. The summed E-state index contributed by atoms with van der Waals surface area (Å²) in [6.07, 6.45) is 0. The molecule has 0 saturated heterocycles. The van der Waals surface area contributed by atoms with Gasteiger partial charge in [-0.25, -0.2) is 4.98 Å². The lowest BCUT2D eigenvalue weighted by molar-refractivity contribution is 0.661. The van der Waals surface area contributed by atoms with Gasteiger partial charge in [0.05, 0.1) is 27.3 Å². The number of benzene rings is 7. The van der Waals surface area contributed by atoms with Gasteiger partial charge in [-0.1, -0.05) is 153 Å². The fourth-order valence-corrected chi connectivity index (χ4v) is 11.0. The van der Waals surface area contributed by atoms with Crippen LogP contribution in [-0.2, 0) is 5.41 Å². The summed E-state index contributed by atoms with van der Waals surface area (Å²) < 4.78 is 2.53. The van der Waals surface area contributed by atoms with Gasteiger partial charge in [0.25, 0.3) is 0 Å². The quantitative estimate of drug-likeness (QED) is 0.180. The van der Waals surface area contributed by atoms with E-state index in [2.05, 4.69) is 188 Å². The third-order valence-corrected chi connectivity index (χ3v) is 13.8. The van der Waals surface area contributed by atoms with Crippen molar-refractivity contribution in [1.29, 1.82) is 0 Å². The monoisotopic (exact) mass is 726 g/mol. The third-order valence-electron chi connectivity index (χ3n) is 11.2. The average Bonchev–Trinajstić information content (AvgIpc) is 3.68. The third kappa shape index (κ3) is 4.87. The number of aromatic nitrogens is 2. The number of nitrogens with zero attached hydrogens (tertiary/aromatic N) is 2. The molecule has 0 radical (unpaired) electrons. The fraction of sp³-hybridized carbons (Fsp3) is 0.0600. The van der Waals surface area contributed by atoms with E-state index in [9.17, 15) is 0 Å². The van der Waals surface area contributed by atoms with Crippen LogP contribution in [0.1, 0.15) is 25.0 Å². The van der Waals surface area contributed by atoms with Crippen molar-refractivity contribution in [2.45, 2.75) is 38.8 Å². The van der Waals surface area contributed by atoms with Crippen LogP contribution in [0.15, 0.2) is 189 Å². The zero-order valence-electron chi connectivity index (χ0n) is 29.9. The van der Waals surface area contributed by atoms with Gasteiger partial charge in [0.1, 0.15) is 0 Å². The Morgan fingerprint density at radius 3 is 1.93 bits per heavy atom. The van der Waals surface area contributed by atoms with Crippen LogP contribution < -0.4 is 0 Å². The Kier molecular flexibility index (Phi) is 7.11. The van der Waals surface area contributed by atoms with Gasteiger partial charge in [0.2, 0.25) is 0 Å². The first-order valence-electron chi connectivity index (χ1n) is 18.5. The maximum Gasteiger partial charge on any atom is 0.0716 e. The number of hydrogen-bond donors (Lipinski definition) is 0. The zero-order chi connectivity index (χ0) is 36.0. The molecule has 256 valence electrons. The van der Waals surface area contributed by atoms with Crippen molar-refractivity contribution in [3.8, 4) is 50.5 Å². The highest BCUT2D eigenvalue weighted by Gasteiger charge is 2.36. The second kappa shape index (κ2) is 12.1. The van der Waals surface area contributed by atoms with E-state index in [1.165, 1.54) is 69.2 Å². The molecule has 1 aliphatic heterocycles. The van der Waals surface area contributed by atoms with Crippen molar-refractivity contribution >= 4 is 45.3 Å². The highest BCUT2D eigenvalue weighted by Crippen LogP contribution is 2.55. The molecule has 0 bridgehead atoms.